The van der Waals surface area contributed by atoms with Gasteiger partial charge in [-0.1, -0.05) is 30.4 Å². The fourth-order valence-corrected chi connectivity index (χ4v) is 5.28. The molecular weight excluding hydrogens is 408 g/mol. The lowest BCUT2D eigenvalue weighted by Crippen LogP contribution is -2.25. The largest absolute Gasteiger partial charge is 0.494 e. The summed E-state index contributed by atoms with van der Waals surface area (Å²) in [4.78, 5) is 12.2. The molecule has 1 heterocycles. The van der Waals surface area contributed by atoms with Crippen LogP contribution >= 0.6 is 11.3 Å². The van der Waals surface area contributed by atoms with Gasteiger partial charge in [-0.2, -0.15) is 0 Å². The minimum atomic E-state index is -3.61. The van der Waals surface area contributed by atoms with Gasteiger partial charge in [-0.3, -0.25) is 9.36 Å². The molecule has 0 aliphatic heterocycles. The molecule has 156 valence electrons. The Balaban J connectivity index is 1.61. The van der Waals surface area contributed by atoms with E-state index in [1.807, 2.05) is 38.1 Å². The Morgan fingerprint density at radius 2 is 1.86 bits per heavy atom. The van der Waals surface area contributed by atoms with Gasteiger partial charge >= 0.3 is 4.87 Å². The number of nitrogens with one attached hydrogen (secondary N) is 1. The molecule has 0 aliphatic rings. The van der Waals surface area contributed by atoms with Crippen LogP contribution in [-0.4, -0.2) is 26.1 Å². The number of hydrogen-bond acceptors (Lipinski definition) is 5. The molecule has 1 aromatic heterocycles. The molecule has 1 N–H and O–H groups in total. The van der Waals surface area contributed by atoms with Gasteiger partial charge in [0, 0.05) is 13.1 Å². The minimum Gasteiger partial charge on any atom is -0.494 e. The number of sulfonamides is 1. The van der Waals surface area contributed by atoms with E-state index in [1.165, 1.54) is 0 Å². The number of nitrogens with zero attached hydrogens (tertiary/aromatic N) is 1. The zero-order chi connectivity index (χ0) is 20.9. The van der Waals surface area contributed by atoms with Crippen LogP contribution < -0.4 is 14.3 Å². The number of aryl methyl sites for hydroxylation is 2. The summed E-state index contributed by atoms with van der Waals surface area (Å²) in [5.74, 6) is 0.836. The lowest BCUT2D eigenvalue weighted by Gasteiger charge is -2.08. The van der Waals surface area contributed by atoms with E-state index in [2.05, 4.69) is 4.72 Å². The molecule has 0 fully saturated rings. The van der Waals surface area contributed by atoms with Crippen molar-refractivity contribution in [2.45, 2.75) is 44.6 Å². The van der Waals surface area contributed by atoms with E-state index in [1.54, 1.807) is 22.8 Å². The highest BCUT2D eigenvalue weighted by atomic mass is 32.2. The summed E-state index contributed by atoms with van der Waals surface area (Å²) in [6, 6.07) is 12.7. The molecular formula is C21H26N2O4S2. The quantitative estimate of drug-likeness (QED) is 0.493. The van der Waals surface area contributed by atoms with E-state index in [0.29, 0.717) is 30.8 Å². The molecule has 3 rings (SSSR count). The third-order valence-corrected chi connectivity index (χ3v) is 6.97. The molecule has 8 heteroatoms. The molecule has 6 nitrogen and oxygen atoms in total. The molecule has 3 aromatic rings. The second-order valence-corrected chi connectivity index (χ2v) is 9.49. The van der Waals surface area contributed by atoms with Crippen LogP contribution in [0.25, 0.3) is 10.2 Å². The summed E-state index contributed by atoms with van der Waals surface area (Å²) >= 11 is 1.08. The number of aromatic nitrogens is 1. The summed E-state index contributed by atoms with van der Waals surface area (Å²) in [5.41, 5.74) is 1.92. The Kier molecular flexibility index (Phi) is 7.10. The normalized spacial score (nSPS) is 11.8. The molecule has 0 unspecified atom stereocenters. The van der Waals surface area contributed by atoms with Crippen molar-refractivity contribution in [3.05, 3.63) is 57.7 Å². The van der Waals surface area contributed by atoms with Gasteiger partial charge < -0.3 is 4.74 Å². The molecule has 0 spiro atoms. The highest BCUT2D eigenvalue weighted by Crippen LogP contribution is 2.22. The predicted molar refractivity (Wildman–Crippen MR) is 117 cm³/mol. The number of rotatable bonds is 10. The monoisotopic (exact) mass is 434 g/mol. The summed E-state index contributed by atoms with van der Waals surface area (Å²) in [6.07, 6.45) is 2.31. The average molecular weight is 435 g/mol. The van der Waals surface area contributed by atoms with E-state index in [4.69, 9.17) is 4.74 Å². The van der Waals surface area contributed by atoms with Gasteiger partial charge in [-0.15, -0.1) is 0 Å². The third kappa shape index (κ3) is 5.26. The van der Waals surface area contributed by atoms with Crippen molar-refractivity contribution in [1.29, 1.82) is 0 Å². The second-order valence-electron chi connectivity index (χ2n) is 6.73. The van der Waals surface area contributed by atoms with E-state index in [0.717, 1.165) is 41.0 Å². The third-order valence-electron chi connectivity index (χ3n) is 4.57. The van der Waals surface area contributed by atoms with E-state index in [9.17, 15) is 13.2 Å². The Labute approximate surface area is 175 Å². The van der Waals surface area contributed by atoms with Crippen LogP contribution in [0, 0.1) is 0 Å². The number of hydrogen-bond donors (Lipinski definition) is 1. The van der Waals surface area contributed by atoms with Crippen molar-refractivity contribution >= 4 is 31.6 Å². The van der Waals surface area contributed by atoms with Crippen molar-refractivity contribution in [2.75, 3.05) is 13.2 Å². The first-order valence-corrected chi connectivity index (χ1v) is 12.1. The Bertz CT molecular complexity index is 1120. The van der Waals surface area contributed by atoms with Crippen LogP contribution in [0.5, 0.6) is 5.75 Å². The fourth-order valence-electron chi connectivity index (χ4n) is 3.15. The summed E-state index contributed by atoms with van der Waals surface area (Å²) < 4.78 is 35.7. The van der Waals surface area contributed by atoms with E-state index in [-0.39, 0.29) is 9.77 Å². The standard InChI is InChI=1S/C21H26N2O4S2/c1-3-14-23-19-12-11-18(15-20(19)28-21(23)24)29(25,26)22-13-5-6-16-7-9-17(10-8-16)27-4-2/h7-12,15,22H,3-6,13-14H2,1-2H3. The van der Waals surface area contributed by atoms with Crippen molar-refractivity contribution < 1.29 is 13.2 Å². The Morgan fingerprint density at radius 1 is 1.10 bits per heavy atom. The molecule has 29 heavy (non-hydrogen) atoms. The molecule has 0 radical (unpaired) electrons. The van der Waals surface area contributed by atoms with Crippen LogP contribution in [-0.2, 0) is 23.0 Å². The van der Waals surface area contributed by atoms with Crippen molar-refractivity contribution in [3.8, 4) is 5.75 Å². The molecule has 0 aliphatic carbocycles. The molecule has 0 bridgehead atoms. The minimum absolute atomic E-state index is 0.0558. The maximum absolute atomic E-state index is 12.6. The number of benzene rings is 2. The summed E-state index contributed by atoms with van der Waals surface area (Å²) in [5, 5.41) is 0. The van der Waals surface area contributed by atoms with Crippen molar-refractivity contribution in [1.82, 2.24) is 9.29 Å². The van der Waals surface area contributed by atoms with Crippen molar-refractivity contribution in [3.63, 3.8) is 0 Å². The van der Waals surface area contributed by atoms with Crippen LogP contribution in [0.3, 0.4) is 0 Å². The molecule has 0 atom stereocenters. The Hall–Kier alpha value is -2.16. The number of thiazole rings is 1. The topological polar surface area (TPSA) is 77.4 Å². The average Bonchev–Trinajstić information content (AvgIpc) is 3.02. The van der Waals surface area contributed by atoms with Gasteiger partial charge in [0.2, 0.25) is 10.0 Å². The van der Waals surface area contributed by atoms with Gasteiger partial charge in [-0.25, -0.2) is 13.1 Å². The lowest BCUT2D eigenvalue weighted by molar-refractivity contribution is 0.340. The van der Waals surface area contributed by atoms with Crippen LogP contribution in [0.4, 0.5) is 0 Å². The highest BCUT2D eigenvalue weighted by molar-refractivity contribution is 7.89. The van der Waals surface area contributed by atoms with Crippen LogP contribution in [0.15, 0.2) is 52.2 Å². The van der Waals surface area contributed by atoms with Gasteiger partial charge in [0.15, 0.2) is 0 Å². The molecule has 2 aromatic carbocycles. The molecule has 0 saturated heterocycles. The second kappa shape index (κ2) is 9.56. The number of fused-ring (bicyclic) bond motifs is 1. The molecule has 0 saturated carbocycles. The van der Waals surface area contributed by atoms with E-state index < -0.39 is 10.0 Å². The lowest BCUT2D eigenvalue weighted by atomic mass is 10.1. The zero-order valence-corrected chi connectivity index (χ0v) is 18.3. The number of ether oxygens (including phenoxy) is 1. The Morgan fingerprint density at radius 3 is 2.55 bits per heavy atom. The fraction of sp³-hybridized carbons (Fsp3) is 0.381. The first kappa shape index (κ1) is 21.5. The van der Waals surface area contributed by atoms with Gasteiger partial charge in [0.05, 0.1) is 21.7 Å². The van der Waals surface area contributed by atoms with Gasteiger partial charge in [0.1, 0.15) is 5.75 Å². The maximum atomic E-state index is 12.6. The zero-order valence-electron chi connectivity index (χ0n) is 16.7. The summed E-state index contributed by atoms with van der Waals surface area (Å²) in [7, 11) is -3.61. The van der Waals surface area contributed by atoms with Crippen LogP contribution in [0.2, 0.25) is 0 Å². The van der Waals surface area contributed by atoms with Crippen LogP contribution in [0.1, 0.15) is 32.3 Å². The molecule has 0 amide bonds. The maximum Gasteiger partial charge on any atom is 0.308 e. The first-order chi connectivity index (χ1) is 13.9. The van der Waals surface area contributed by atoms with Gasteiger partial charge in [-0.05, 0) is 62.1 Å². The predicted octanol–water partition coefficient (Wildman–Crippen LogP) is 3.78. The highest BCUT2D eigenvalue weighted by Gasteiger charge is 2.16. The smallest absolute Gasteiger partial charge is 0.308 e. The SMILES string of the molecule is CCCn1c(=O)sc2cc(S(=O)(=O)NCCCc3ccc(OCC)cc3)ccc21. The van der Waals surface area contributed by atoms with E-state index >= 15 is 0 Å². The van der Waals surface area contributed by atoms with Crippen molar-refractivity contribution in [2.24, 2.45) is 0 Å². The van der Waals surface area contributed by atoms with Gasteiger partial charge in [0.25, 0.3) is 0 Å². The first-order valence-electron chi connectivity index (χ1n) is 9.79. The summed E-state index contributed by atoms with van der Waals surface area (Å²) in [6.45, 7) is 5.56.